The second-order valence-corrected chi connectivity index (χ2v) is 4.25. The lowest BCUT2D eigenvalue weighted by atomic mass is 10.1. The van der Waals surface area contributed by atoms with Crippen LogP contribution in [0.15, 0.2) is 41.0 Å². The van der Waals surface area contributed by atoms with Crippen LogP contribution in [-0.4, -0.2) is 24.1 Å². The average molecular weight is 304 g/mol. The zero-order valence-electron chi connectivity index (χ0n) is 10.4. The summed E-state index contributed by atoms with van der Waals surface area (Å²) in [6, 6.07) is 5.84. The predicted octanol–water partition coefficient (Wildman–Crippen LogP) is 3.86. The number of halogens is 5. The first-order chi connectivity index (χ1) is 9.77. The molecule has 0 fully saturated rings. The molecular weight excluding hydrogens is 295 g/mol. The first-order valence-electron chi connectivity index (χ1n) is 5.81. The Morgan fingerprint density at radius 1 is 1.29 bits per heavy atom. The molecule has 1 aromatic rings. The van der Waals surface area contributed by atoms with Crippen LogP contribution >= 0.6 is 0 Å². The highest BCUT2D eigenvalue weighted by atomic mass is 19.4. The van der Waals surface area contributed by atoms with Gasteiger partial charge < -0.3 is 5.32 Å². The van der Waals surface area contributed by atoms with E-state index in [1.54, 1.807) is 6.07 Å². The minimum Gasteiger partial charge on any atom is -0.357 e. The van der Waals surface area contributed by atoms with Gasteiger partial charge in [0.25, 0.3) is 6.43 Å². The van der Waals surface area contributed by atoms with Crippen molar-refractivity contribution in [2.75, 3.05) is 5.32 Å². The van der Waals surface area contributed by atoms with Crippen molar-refractivity contribution in [3.63, 3.8) is 0 Å². The Kier molecular flexibility index (Phi) is 4.06. The molecule has 0 bridgehead atoms. The Morgan fingerprint density at radius 2 is 1.95 bits per heavy atom. The van der Waals surface area contributed by atoms with E-state index in [9.17, 15) is 26.7 Å². The smallest absolute Gasteiger partial charge is 0.357 e. The van der Waals surface area contributed by atoms with Gasteiger partial charge in [-0.3, -0.25) is 4.79 Å². The lowest BCUT2D eigenvalue weighted by Gasteiger charge is -2.11. The maximum Gasteiger partial charge on any atom is 0.429 e. The first-order valence-corrected chi connectivity index (χ1v) is 5.81. The van der Waals surface area contributed by atoms with Gasteiger partial charge in [-0.1, -0.05) is 12.1 Å². The maximum absolute atomic E-state index is 12.9. The summed E-state index contributed by atoms with van der Waals surface area (Å²) in [4.78, 5) is 14.5. The average Bonchev–Trinajstić information content (AvgIpc) is 2.56. The molecule has 1 aromatic carbocycles. The highest BCUT2D eigenvalue weighted by molar-refractivity contribution is 5.99. The van der Waals surface area contributed by atoms with Crippen molar-refractivity contribution in [2.24, 2.45) is 4.99 Å². The predicted molar refractivity (Wildman–Crippen MR) is 66.9 cm³/mol. The third-order valence-electron chi connectivity index (χ3n) is 2.67. The van der Waals surface area contributed by atoms with Gasteiger partial charge in [0.05, 0.1) is 11.4 Å². The largest absolute Gasteiger partial charge is 0.429 e. The fourth-order valence-corrected chi connectivity index (χ4v) is 1.74. The zero-order chi connectivity index (χ0) is 15.6. The first kappa shape index (κ1) is 15.1. The van der Waals surface area contributed by atoms with Crippen molar-refractivity contribution in [1.29, 1.82) is 0 Å². The third kappa shape index (κ3) is 3.65. The molecule has 8 heteroatoms. The number of aliphatic imine (C=N–C) groups is 1. The van der Waals surface area contributed by atoms with E-state index in [0.717, 1.165) is 0 Å². The number of fused-ring (bicyclic) bond motifs is 1. The van der Waals surface area contributed by atoms with E-state index in [0.29, 0.717) is 6.08 Å². The van der Waals surface area contributed by atoms with E-state index in [2.05, 4.69) is 10.3 Å². The highest BCUT2D eigenvalue weighted by Crippen LogP contribution is 2.34. The van der Waals surface area contributed by atoms with Crippen LogP contribution in [0.2, 0.25) is 0 Å². The van der Waals surface area contributed by atoms with Crippen LogP contribution in [0.1, 0.15) is 6.42 Å². The summed E-state index contributed by atoms with van der Waals surface area (Å²) in [6.45, 7) is 0. The van der Waals surface area contributed by atoms with Crippen LogP contribution in [0.4, 0.5) is 33.3 Å². The third-order valence-corrected chi connectivity index (χ3v) is 2.67. The molecule has 0 saturated heterocycles. The summed E-state index contributed by atoms with van der Waals surface area (Å²) in [5, 5.41) is 2.54. The number of nitrogens with zero attached hydrogens (tertiary/aromatic N) is 1. The Balaban J connectivity index is 2.46. The fraction of sp³-hybridized carbons (Fsp3) is 0.231. The van der Waals surface area contributed by atoms with E-state index < -0.39 is 30.5 Å². The van der Waals surface area contributed by atoms with Crippen LogP contribution in [0, 0.1) is 0 Å². The van der Waals surface area contributed by atoms with Gasteiger partial charge in [0.1, 0.15) is 5.71 Å². The molecule has 0 amide bonds. The van der Waals surface area contributed by atoms with Crippen molar-refractivity contribution in [2.45, 2.75) is 19.0 Å². The van der Waals surface area contributed by atoms with Crippen molar-refractivity contribution < 1.29 is 26.7 Å². The number of anilines is 1. The molecule has 0 atom stereocenters. The number of para-hydroxylation sites is 2. The van der Waals surface area contributed by atoms with Gasteiger partial charge in [0.15, 0.2) is 0 Å². The van der Waals surface area contributed by atoms with Gasteiger partial charge in [-0.15, -0.1) is 0 Å². The summed E-state index contributed by atoms with van der Waals surface area (Å²) in [5.74, 6) is -1.56. The SMILES string of the molecule is O=C(/C=C1/CC(C(F)(F)F)=Nc2ccccc2N1)C(F)F. The van der Waals surface area contributed by atoms with Gasteiger partial charge in [0, 0.05) is 18.2 Å². The van der Waals surface area contributed by atoms with Crippen molar-refractivity contribution in [1.82, 2.24) is 0 Å². The summed E-state index contributed by atoms with van der Waals surface area (Å²) in [7, 11) is 0. The molecule has 0 unspecified atom stereocenters. The second-order valence-electron chi connectivity index (χ2n) is 4.25. The summed E-state index contributed by atoms with van der Waals surface area (Å²) in [6.07, 6.45) is -8.29. The van der Waals surface area contributed by atoms with Crippen LogP contribution in [0.25, 0.3) is 0 Å². The number of rotatable bonds is 2. The number of hydrogen-bond acceptors (Lipinski definition) is 3. The number of carbonyl (C=O) groups excluding carboxylic acids is 1. The van der Waals surface area contributed by atoms with E-state index in [1.807, 2.05) is 0 Å². The number of alkyl halides is 5. The molecule has 21 heavy (non-hydrogen) atoms. The minimum atomic E-state index is -4.72. The van der Waals surface area contributed by atoms with E-state index in [-0.39, 0.29) is 17.1 Å². The van der Waals surface area contributed by atoms with E-state index >= 15 is 0 Å². The molecule has 2 rings (SSSR count). The number of hydrogen-bond donors (Lipinski definition) is 1. The number of ketones is 1. The molecule has 1 aliphatic heterocycles. The minimum absolute atomic E-state index is 0.0257. The molecule has 1 N–H and O–H groups in total. The zero-order valence-corrected chi connectivity index (χ0v) is 10.4. The Morgan fingerprint density at radius 3 is 2.57 bits per heavy atom. The highest BCUT2D eigenvalue weighted by Gasteiger charge is 2.37. The summed E-state index contributed by atoms with van der Waals surface area (Å²) >= 11 is 0. The van der Waals surface area contributed by atoms with Gasteiger partial charge in [-0.05, 0) is 12.1 Å². The maximum atomic E-state index is 12.9. The molecule has 0 aromatic heterocycles. The molecule has 1 heterocycles. The lowest BCUT2D eigenvalue weighted by Crippen LogP contribution is -2.24. The number of benzene rings is 1. The Bertz CT molecular complexity index is 619. The van der Waals surface area contributed by atoms with Gasteiger partial charge >= 0.3 is 6.18 Å². The van der Waals surface area contributed by atoms with E-state index in [1.165, 1.54) is 18.2 Å². The topological polar surface area (TPSA) is 41.5 Å². The normalized spacial score (nSPS) is 17.0. The molecule has 112 valence electrons. The molecule has 1 aliphatic rings. The van der Waals surface area contributed by atoms with E-state index in [4.69, 9.17) is 0 Å². The van der Waals surface area contributed by atoms with Gasteiger partial charge in [-0.25, -0.2) is 13.8 Å². The molecule has 0 aliphatic carbocycles. The van der Waals surface area contributed by atoms with Crippen LogP contribution < -0.4 is 5.32 Å². The van der Waals surface area contributed by atoms with Crippen LogP contribution in [0.5, 0.6) is 0 Å². The number of carbonyl (C=O) groups is 1. The quantitative estimate of drug-likeness (QED) is 0.666. The van der Waals surface area contributed by atoms with Crippen LogP contribution in [0.3, 0.4) is 0 Å². The van der Waals surface area contributed by atoms with Crippen molar-refractivity contribution in [3.05, 3.63) is 36.0 Å². The van der Waals surface area contributed by atoms with Crippen molar-refractivity contribution >= 4 is 22.9 Å². The molecular formula is C13H9F5N2O. The molecule has 3 nitrogen and oxygen atoms in total. The molecule has 0 saturated carbocycles. The van der Waals surface area contributed by atoms with Crippen molar-refractivity contribution in [3.8, 4) is 0 Å². The Labute approximate surface area is 116 Å². The molecule has 0 radical (unpaired) electrons. The molecule has 0 spiro atoms. The monoisotopic (exact) mass is 304 g/mol. The van der Waals surface area contributed by atoms with Gasteiger partial charge in [-0.2, -0.15) is 13.2 Å². The number of allylic oxidation sites excluding steroid dienone is 2. The van der Waals surface area contributed by atoms with Gasteiger partial charge in [0.2, 0.25) is 5.78 Å². The van der Waals surface area contributed by atoms with Crippen LogP contribution in [-0.2, 0) is 4.79 Å². The summed E-state index contributed by atoms with van der Waals surface area (Å²) in [5.41, 5.74) is -1.20. The summed E-state index contributed by atoms with van der Waals surface area (Å²) < 4.78 is 63.1. The fourth-order valence-electron chi connectivity index (χ4n) is 1.74. The Hall–Kier alpha value is -2.25. The number of nitrogens with one attached hydrogen (secondary N) is 1. The second kappa shape index (κ2) is 5.63. The standard InChI is InChI=1S/C13H9F5N2O/c14-12(15)10(21)5-7-6-11(13(16,17)18)20-9-4-2-1-3-8(9)19-7/h1-5,12,19H,6H2/b7-5-. The lowest BCUT2D eigenvalue weighted by molar-refractivity contribution is -0.124.